The lowest BCUT2D eigenvalue weighted by Crippen LogP contribution is -2.32. The fourth-order valence-electron chi connectivity index (χ4n) is 1.46. The van der Waals surface area contributed by atoms with Crippen molar-refractivity contribution in [3.63, 3.8) is 0 Å². The van der Waals surface area contributed by atoms with Gasteiger partial charge in [0.15, 0.2) is 9.84 Å². The maximum Gasteiger partial charge on any atom is 0.420 e. The van der Waals surface area contributed by atoms with Crippen LogP contribution in [0.5, 0.6) is 5.75 Å². The monoisotopic (exact) mass is 325 g/mol. The van der Waals surface area contributed by atoms with E-state index in [9.17, 15) is 21.6 Å². The lowest BCUT2D eigenvalue weighted by Gasteiger charge is -2.20. The zero-order valence-corrected chi connectivity index (χ0v) is 12.8. The maximum absolute atomic E-state index is 12.8. The van der Waals surface area contributed by atoms with E-state index in [-0.39, 0.29) is 18.0 Å². The van der Waals surface area contributed by atoms with Crippen LogP contribution in [0.25, 0.3) is 0 Å². The molecule has 8 heteroatoms. The summed E-state index contributed by atoms with van der Waals surface area (Å²) in [7, 11) is -3.46. The smallest absolute Gasteiger partial charge is 0.420 e. The third-order valence-corrected chi connectivity index (χ3v) is 5.42. The zero-order valence-electron chi connectivity index (χ0n) is 12.0. The molecule has 2 N–H and O–H groups in total. The average molecular weight is 325 g/mol. The molecule has 0 heterocycles. The summed E-state index contributed by atoms with van der Waals surface area (Å²) >= 11 is 0. The highest BCUT2D eigenvalue weighted by Crippen LogP contribution is 2.37. The highest BCUT2D eigenvalue weighted by molar-refractivity contribution is 7.92. The van der Waals surface area contributed by atoms with Crippen molar-refractivity contribution in [2.45, 2.75) is 31.7 Å². The number of nitrogens with two attached hydrogens (primary N) is 1. The molecule has 4 nitrogen and oxygen atoms in total. The van der Waals surface area contributed by atoms with Gasteiger partial charge in [0.05, 0.1) is 16.1 Å². The number of benzene rings is 1. The van der Waals surface area contributed by atoms with Crippen molar-refractivity contribution in [1.29, 1.82) is 0 Å². The van der Waals surface area contributed by atoms with Crippen LogP contribution in [0, 0.1) is 0 Å². The molecule has 0 unspecified atom stereocenters. The quantitative estimate of drug-likeness (QED) is 0.864. The Balaban J connectivity index is 2.87. The average Bonchev–Trinajstić information content (AvgIpc) is 2.28. The summed E-state index contributed by atoms with van der Waals surface area (Å²) in [6.45, 7) is 4.21. The normalized spacial score (nSPS) is 13.2. The van der Waals surface area contributed by atoms with Crippen molar-refractivity contribution in [3.8, 4) is 5.75 Å². The zero-order chi connectivity index (χ0) is 16.5. The first-order chi connectivity index (χ1) is 9.34. The molecule has 0 aliphatic rings. The number of nitrogen functional groups attached to an aromatic ring is 1. The fraction of sp³-hybridized carbons (Fsp3) is 0.538. The Kier molecular flexibility index (Phi) is 4.82. The Morgan fingerprint density at radius 3 is 2.24 bits per heavy atom. The predicted octanol–water partition coefficient (Wildman–Crippen LogP) is 2.88. The summed E-state index contributed by atoms with van der Waals surface area (Å²) in [5, 5.41) is 0. The summed E-state index contributed by atoms with van der Waals surface area (Å²) < 4.78 is 66.2. The molecule has 0 radical (unpaired) electrons. The molecule has 21 heavy (non-hydrogen) atoms. The van der Waals surface area contributed by atoms with Crippen LogP contribution in [-0.2, 0) is 16.0 Å². The van der Waals surface area contributed by atoms with E-state index >= 15 is 0 Å². The molecule has 0 saturated carbocycles. The van der Waals surface area contributed by atoms with Crippen LogP contribution in [0.15, 0.2) is 18.2 Å². The van der Waals surface area contributed by atoms with Crippen LogP contribution in [0.4, 0.5) is 18.9 Å². The van der Waals surface area contributed by atoms with E-state index in [1.54, 1.807) is 0 Å². The number of rotatable bonds is 4. The van der Waals surface area contributed by atoms with Crippen LogP contribution in [0.1, 0.15) is 26.3 Å². The molecular weight excluding hydrogens is 307 g/mol. The van der Waals surface area contributed by atoms with Crippen molar-refractivity contribution < 1.29 is 26.3 Å². The van der Waals surface area contributed by atoms with Gasteiger partial charge in [-0.2, -0.15) is 13.2 Å². The van der Waals surface area contributed by atoms with Crippen LogP contribution < -0.4 is 10.5 Å². The van der Waals surface area contributed by atoms with Crippen LogP contribution in [0.2, 0.25) is 0 Å². The second-order valence-electron chi connectivity index (χ2n) is 5.53. The SMILES string of the molecule is CC(C)(C)S(=O)(=O)CCOc1ccc(N)cc1C(F)(F)F. The Morgan fingerprint density at radius 1 is 1.19 bits per heavy atom. The van der Waals surface area contributed by atoms with Crippen LogP contribution in [0.3, 0.4) is 0 Å². The highest BCUT2D eigenvalue weighted by Gasteiger charge is 2.35. The molecule has 0 atom stereocenters. The van der Waals surface area contributed by atoms with Crippen LogP contribution in [-0.4, -0.2) is 25.5 Å². The lowest BCUT2D eigenvalue weighted by molar-refractivity contribution is -0.138. The van der Waals surface area contributed by atoms with E-state index < -0.39 is 32.1 Å². The molecule has 1 rings (SSSR count). The van der Waals surface area contributed by atoms with Crippen molar-refractivity contribution >= 4 is 15.5 Å². The Hall–Kier alpha value is -1.44. The maximum atomic E-state index is 12.8. The number of anilines is 1. The molecule has 1 aromatic carbocycles. The second kappa shape index (κ2) is 5.75. The molecule has 0 amide bonds. The summed E-state index contributed by atoms with van der Waals surface area (Å²) in [4.78, 5) is 0. The van der Waals surface area contributed by atoms with Gasteiger partial charge in [0.2, 0.25) is 0 Å². The number of halogens is 3. The van der Waals surface area contributed by atoms with Gasteiger partial charge >= 0.3 is 6.18 Å². The van der Waals surface area contributed by atoms with Gasteiger partial charge in [-0.15, -0.1) is 0 Å². The molecular formula is C13H18F3NO3S. The van der Waals surface area contributed by atoms with Gasteiger partial charge in [0.25, 0.3) is 0 Å². The van der Waals surface area contributed by atoms with Gasteiger partial charge in [0.1, 0.15) is 12.4 Å². The van der Waals surface area contributed by atoms with Crippen molar-refractivity contribution in [2.24, 2.45) is 0 Å². The Bertz CT molecular complexity index is 604. The number of sulfone groups is 1. The van der Waals surface area contributed by atoms with Gasteiger partial charge in [-0.1, -0.05) is 0 Å². The molecule has 0 saturated heterocycles. The molecule has 0 spiro atoms. The van der Waals surface area contributed by atoms with Crippen molar-refractivity contribution in [2.75, 3.05) is 18.1 Å². The van der Waals surface area contributed by atoms with Gasteiger partial charge in [-0.3, -0.25) is 0 Å². The van der Waals surface area contributed by atoms with Gasteiger partial charge in [0, 0.05) is 5.69 Å². The second-order valence-corrected chi connectivity index (χ2v) is 8.40. The first-order valence-electron chi connectivity index (χ1n) is 6.16. The molecule has 0 aromatic heterocycles. The molecule has 0 bridgehead atoms. The van der Waals surface area contributed by atoms with Gasteiger partial charge < -0.3 is 10.5 Å². The summed E-state index contributed by atoms with van der Waals surface area (Å²) in [6.07, 6.45) is -4.62. The van der Waals surface area contributed by atoms with E-state index in [1.165, 1.54) is 26.8 Å². The third kappa shape index (κ3) is 4.52. The van der Waals surface area contributed by atoms with E-state index in [1.807, 2.05) is 0 Å². The number of ether oxygens (including phenoxy) is 1. The minimum atomic E-state index is -4.62. The Labute approximate surface area is 122 Å². The third-order valence-electron chi connectivity index (χ3n) is 2.85. The van der Waals surface area contributed by atoms with Gasteiger partial charge in [-0.25, -0.2) is 8.42 Å². The summed E-state index contributed by atoms with van der Waals surface area (Å²) in [5.74, 6) is -0.793. The van der Waals surface area contributed by atoms with E-state index in [2.05, 4.69) is 0 Å². The molecule has 0 aliphatic heterocycles. The van der Waals surface area contributed by atoms with Gasteiger partial charge in [-0.05, 0) is 39.0 Å². The van der Waals surface area contributed by atoms with Crippen molar-refractivity contribution in [1.82, 2.24) is 0 Å². The molecule has 0 aliphatic carbocycles. The van der Waals surface area contributed by atoms with E-state index in [0.717, 1.165) is 12.1 Å². The first kappa shape index (κ1) is 17.6. The highest BCUT2D eigenvalue weighted by atomic mass is 32.2. The summed E-state index contributed by atoms with van der Waals surface area (Å²) in [5.41, 5.74) is 4.27. The molecule has 120 valence electrons. The van der Waals surface area contributed by atoms with E-state index in [0.29, 0.717) is 0 Å². The number of alkyl halides is 3. The number of hydrogen-bond acceptors (Lipinski definition) is 4. The Morgan fingerprint density at radius 2 is 1.76 bits per heavy atom. The predicted molar refractivity (Wildman–Crippen MR) is 74.9 cm³/mol. The summed E-state index contributed by atoms with van der Waals surface area (Å²) in [6, 6.07) is 3.11. The minimum absolute atomic E-state index is 0.0445. The lowest BCUT2D eigenvalue weighted by atomic mass is 10.1. The largest absolute Gasteiger partial charge is 0.492 e. The van der Waals surface area contributed by atoms with E-state index in [4.69, 9.17) is 10.5 Å². The minimum Gasteiger partial charge on any atom is -0.492 e. The number of hydrogen-bond donors (Lipinski definition) is 1. The topological polar surface area (TPSA) is 69.4 Å². The first-order valence-corrected chi connectivity index (χ1v) is 7.81. The molecule has 1 aromatic rings. The fourth-order valence-corrected chi connectivity index (χ4v) is 2.38. The molecule has 0 fully saturated rings. The standard InChI is InChI=1S/C13H18F3NO3S/c1-12(2,3)21(18,19)7-6-20-11-5-4-9(17)8-10(11)13(14,15)16/h4-5,8H,6-7,17H2,1-3H3. The van der Waals surface area contributed by atoms with Crippen molar-refractivity contribution in [3.05, 3.63) is 23.8 Å². The van der Waals surface area contributed by atoms with Crippen LogP contribution >= 0.6 is 0 Å².